The van der Waals surface area contributed by atoms with E-state index in [9.17, 15) is 18.0 Å². The van der Waals surface area contributed by atoms with Crippen LogP contribution in [-0.4, -0.2) is 24.2 Å². The molecule has 0 amide bonds. The summed E-state index contributed by atoms with van der Waals surface area (Å²) in [4.78, 5) is 16.3. The second-order valence-electron chi connectivity index (χ2n) is 9.12. The van der Waals surface area contributed by atoms with Crippen molar-refractivity contribution in [3.8, 4) is 22.8 Å². The Labute approximate surface area is 215 Å². The van der Waals surface area contributed by atoms with Gasteiger partial charge in [-0.05, 0) is 80.6 Å². The van der Waals surface area contributed by atoms with Gasteiger partial charge in [0.1, 0.15) is 17.6 Å². The average molecular weight is 516 g/mol. The van der Waals surface area contributed by atoms with Crippen molar-refractivity contribution < 1.29 is 32.2 Å². The number of ether oxygens (including phenoxy) is 3. The van der Waals surface area contributed by atoms with Crippen molar-refractivity contribution in [1.82, 2.24) is 4.98 Å². The van der Waals surface area contributed by atoms with Crippen molar-refractivity contribution >= 4 is 5.97 Å². The Morgan fingerprint density at radius 1 is 1.00 bits per heavy atom. The molecule has 0 aliphatic rings. The molecule has 3 rings (SSSR count). The van der Waals surface area contributed by atoms with Gasteiger partial charge in [0.2, 0.25) is 0 Å². The predicted octanol–water partition coefficient (Wildman–Crippen LogP) is 7.57. The number of nitrogens with zero attached hydrogens (tertiary/aromatic N) is 1. The maximum atomic E-state index is 13.0. The quantitative estimate of drug-likeness (QED) is 0.247. The number of hydrogen-bond donors (Lipinski definition) is 0. The first kappa shape index (κ1) is 28.0. The molecular weight excluding hydrogens is 483 g/mol. The van der Waals surface area contributed by atoms with Crippen LogP contribution in [0.5, 0.6) is 11.5 Å². The molecule has 1 unspecified atom stereocenters. The number of benzene rings is 2. The first-order valence-electron chi connectivity index (χ1n) is 12.3. The molecule has 0 spiro atoms. The van der Waals surface area contributed by atoms with Gasteiger partial charge < -0.3 is 14.2 Å². The summed E-state index contributed by atoms with van der Waals surface area (Å²) in [5.41, 5.74) is 1.96. The summed E-state index contributed by atoms with van der Waals surface area (Å²) < 4.78 is 55.6. The Morgan fingerprint density at radius 2 is 1.73 bits per heavy atom. The van der Waals surface area contributed by atoms with Crippen molar-refractivity contribution in [3.05, 3.63) is 77.5 Å². The molecule has 198 valence electrons. The normalized spacial score (nSPS) is 12.3. The van der Waals surface area contributed by atoms with E-state index >= 15 is 0 Å². The fraction of sp³-hybridized carbons (Fsp3) is 0.379. The highest BCUT2D eigenvalue weighted by atomic mass is 19.4. The number of halogens is 3. The summed E-state index contributed by atoms with van der Waals surface area (Å²) in [5.74, 6) is 1.19. The zero-order chi connectivity index (χ0) is 27.0. The van der Waals surface area contributed by atoms with Crippen LogP contribution >= 0.6 is 0 Å². The van der Waals surface area contributed by atoms with E-state index in [2.05, 4.69) is 13.8 Å². The molecule has 0 saturated heterocycles. The summed E-state index contributed by atoms with van der Waals surface area (Å²) >= 11 is 0. The zero-order valence-electron chi connectivity index (χ0n) is 21.5. The van der Waals surface area contributed by atoms with E-state index in [1.165, 1.54) is 12.1 Å². The van der Waals surface area contributed by atoms with Crippen LogP contribution in [0.1, 0.15) is 56.5 Å². The molecule has 37 heavy (non-hydrogen) atoms. The molecule has 1 atom stereocenters. The van der Waals surface area contributed by atoms with Crippen molar-refractivity contribution in [2.24, 2.45) is 5.92 Å². The first-order chi connectivity index (χ1) is 17.6. The van der Waals surface area contributed by atoms with Crippen LogP contribution in [0.15, 0.2) is 60.7 Å². The molecule has 0 fully saturated rings. The summed E-state index contributed by atoms with van der Waals surface area (Å²) in [5, 5.41) is 0. The number of carbonyl (C=O) groups is 1. The van der Waals surface area contributed by atoms with Gasteiger partial charge in [-0.1, -0.05) is 32.0 Å². The second kappa shape index (κ2) is 12.6. The molecule has 0 aliphatic heterocycles. The fourth-order valence-electron chi connectivity index (χ4n) is 3.73. The molecular formula is C29H32F3NO4. The van der Waals surface area contributed by atoms with Crippen molar-refractivity contribution in [3.63, 3.8) is 0 Å². The number of aryl methyl sites for hydroxylation is 1. The van der Waals surface area contributed by atoms with E-state index in [0.29, 0.717) is 47.4 Å². The standard InChI is InChI=1S/C29H32F3NO4/c1-5-35-28(34)18-36-26-16-14-23(17-20(26)4)37-27(15-9-19(2)3)25-8-6-7-24(33-25)21-10-12-22(13-11-21)29(30,31)32/h6-8,10-14,16-17,19,27H,5,9,15,18H2,1-4H3. The molecule has 8 heteroatoms. The van der Waals surface area contributed by atoms with E-state index in [4.69, 9.17) is 19.2 Å². The molecule has 3 aromatic rings. The molecule has 5 nitrogen and oxygen atoms in total. The monoisotopic (exact) mass is 515 g/mol. The number of aromatic nitrogens is 1. The van der Waals surface area contributed by atoms with Gasteiger partial charge in [0.25, 0.3) is 0 Å². The molecule has 0 bridgehead atoms. The lowest BCUT2D eigenvalue weighted by Gasteiger charge is -2.21. The van der Waals surface area contributed by atoms with Crippen LogP contribution in [0.25, 0.3) is 11.3 Å². The Kier molecular flexibility index (Phi) is 9.55. The van der Waals surface area contributed by atoms with Crippen molar-refractivity contribution in [2.75, 3.05) is 13.2 Å². The number of carbonyl (C=O) groups excluding carboxylic acids is 1. The van der Waals surface area contributed by atoms with E-state index in [-0.39, 0.29) is 12.7 Å². The third-order valence-electron chi connectivity index (χ3n) is 5.69. The smallest absolute Gasteiger partial charge is 0.416 e. The maximum Gasteiger partial charge on any atom is 0.416 e. The van der Waals surface area contributed by atoms with Crippen LogP contribution in [0.3, 0.4) is 0 Å². The lowest BCUT2D eigenvalue weighted by molar-refractivity contribution is -0.145. The summed E-state index contributed by atoms with van der Waals surface area (Å²) in [6.45, 7) is 7.97. The van der Waals surface area contributed by atoms with Gasteiger partial charge >= 0.3 is 12.1 Å². The zero-order valence-corrected chi connectivity index (χ0v) is 21.5. The lowest BCUT2D eigenvalue weighted by atomic mass is 10.0. The van der Waals surface area contributed by atoms with Gasteiger partial charge in [-0.15, -0.1) is 0 Å². The van der Waals surface area contributed by atoms with Gasteiger partial charge in [-0.25, -0.2) is 9.78 Å². The highest BCUT2D eigenvalue weighted by Gasteiger charge is 2.30. The fourth-order valence-corrected chi connectivity index (χ4v) is 3.73. The van der Waals surface area contributed by atoms with Crippen molar-refractivity contribution in [2.45, 2.75) is 52.8 Å². The largest absolute Gasteiger partial charge is 0.484 e. The molecule has 0 radical (unpaired) electrons. The van der Waals surface area contributed by atoms with E-state index in [1.807, 2.05) is 25.1 Å². The average Bonchev–Trinajstić information content (AvgIpc) is 2.85. The first-order valence-corrected chi connectivity index (χ1v) is 12.3. The minimum Gasteiger partial charge on any atom is -0.484 e. The number of rotatable bonds is 11. The third kappa shape index (κ3) is 8.23. The Bertz CT molecular complexity index is 1180. The lowest BCUT2D eigenvalue weighted by Crippen LogP contribution is -2.15. The maximum absolute atomic E-state index is 13.0. The molecule has 2 aromatic carbocycles. The van der Waals surface area contributed by atoms with E-state index < -0.39 is 17.7 Å². The molecule has 0 N–H and O–H groups in total. The minimum atomic E-state index is -4.39. The molecule has 1 heterocycles. The molecule has 0 aliphatic carbocycles. The number of hydrogen-bond acceptors (Lipinski definition) is 5. The van der Waals surface area contributed by atoms with Gasteiger partial charge in [0, 0.05) is 5.56 Å². The van der Waals surface area contributed by atoms with Crippen LogP contribution in [0.2, 0.25) is 0 Å². The number of alkyl halides is 3. The van der Waals surface area contributed by atoms with Crippen LogP contribution in [-0.2, 0) is 15.7 Å². The van der Waals surface area contributed by atoms with Crippen LogP contribution < -0.4 is 9.47 Å². The topological polar surface area (TPSA) is 57.7 Å². The highest BCUT2D eigenvalue weighted by Crippen LogP contribution is 2.33. The third-order valence-corrected chi connectivity index (χ3v) is 5.69. The van der Waals surface area contributed by atoms with Crippen LogP contribution in [0.4, 0.5) is 13.2 Å². The van der Waals surface area contributed by atoms with Gasteiger partial charge in [0.05, 0.1) is 23.6 Å². The second-order valence-corrected chi connectivity index (χ2v) is 9.12. The van der Waals surface area contributed by atoms with Crippen LogP contribution in [0, 0.1) is 12.8 Å². The van der Waals surface area contributed by atoms with Gasteiger partial charge in [-0.3, -0.25) is 0 Å². The summed E-state index contributed by atoms with van der Waals surface area (Å²) in [7, 11) is 0. The predicted molar refractivity (Wildman–Crippen MR) is 135 cm³/mol. The molecule has 1 aromatic heterocycles. The Morgan fingerprint density at radius 3 is 2.35 bits per heavy atom. The Hall–Kier alpha value is -3.55. The van der Waals surface area contributed by atoms with E-state index in [0.717, 1.165) is 24.1 Å². The number of pyridine rings is 1. The minimum absolute atomic E-state index is 0.174. The van der Waals surface area contributed by atoms with Crippen molar-refractivity contribution in [1.29, 1.82) is 0 Å². The molecule has 0 saturated carbocycles. The number of esters is 1. The van der Waals surface area contributed by atoms with E-state index in [1.54, 1.807) is 25.1 Å². The SMILES string of the molecule is CCOC(=O)COc1ccc(OC(CCC(C)C)c2cccc(-c3ccc(C(F)(F)F)cc3)n2)cc1C. The Balaban J connectivity index is 1.81. The summed E-state index contributed by atoms with van der Waals surface area (Å²) in [6, 6.07) is 15.8. The summed E-state index contributed by atoms with van der Waals surface area (Å²) in [6.07, 6.45) is -3.14. The van der Waals surface area contributed by atoms with Gasteiger partial charge in [0.15, 0.2) is 6.61 Å². The highest BCUT2D eigenvalue weighted by molar-refractivity contribution is 5.71. The van der Waals surface area contributed by atoms with Gasteiger partial charge in [-0.2, -0.15) is 13.2 Å².